The smallest absolute Gasteiger partial charge is 0.231 e. The molecule has 0 saturated heterocycles. The molecule has 25 heavy (non-hydrogen) atoms. The summed E-state index contributed by atoms with van der Waals surface area (Å²) in [5, 5.41) is 0. The number of nitrogens with zero attached hydrogens (tertiary/aromatic N) is 1. The van der Waals surface area contributed by atoms with Crippen LogP contribution < -0.4 is 4.90 Å². The first-order valence-electron chi connectivity index (χ1n) is 8.56. The number of fused-ring (bicyclic) bond motifs is 2. The number of hydrogen-bond donors (Lipinski definition) is 0. The number of para-hydroxylation sites is 2. The van der Waals surface area contributed by atoms with E-state index in [4.69, 9.17) is 0 Å². The molecule has 0 radical (unpaired) electrons. The van der Waals surface area contributed by atoms with E-state index in [-0.39, 0.29) is 5.91 Å². The summed E-state index contributed by atoms with van der Waals surface area (Å²) in [7, 11) is 0. The summed E-state index contributed by atoms with van der Waals surface area (Å²) in [5.74, 6) is 0.163. The van der Waals surface area contributed by atoms with Gasteiger partial charge in [0.15, 0.2) is 0 Å². The fourth-order valence-corrected chi connectivity index (χ4v) is 4.23. The van der Waals surface area contributed by atoms with Crippen molar-refractivity contribution in [1.29, 1.82) is 0 Å². The Morgan fingerprint density at radius 1 is 0.760 bits per heavy atom. The molecule has 1 heterocycles. The fraction of sp³-hybridized carbons (Fsp3) is 0.136. The van der Waals surface area contributed by atoms with Crippen LogP contribution in [0.5, 0.6) is 0 Å². The first kappa shape index (κ1) is 16.0. The SMILES string of the molecule is O=C(CCCc1ccccc1)N1c2ccccc2Sc2ccccc21. The van der Waals surface area contributed by atoms with E-state index in [0.29, 0.717) is 6.42 Å². The number of carbonyl (C=O) groups is 1. The van der Waals surface area contributed by atoms with E-state index >= 15 is 0 Å². The Bertz CT molecular complexity index is 846. The number of rotatable bonds is 4. The molecule has 2 nitrogen and oxygen atoms in total. The molecule has 3 heteroatoms. The highest BCUT2D eigenvalue weighted by molar-refractivity contribution is 7.99. The highest BCUT2D eigenvalue weighted by atomic mass is 32.2. The quantitative estimate of drug-likeness (QED) is 0.592. The van der Waals surface area contributed by atoms with Crippen molar-refractivity contribution in [1.82, 2.24) is 0 Å². The Morgan fingerprint density at radius 3 is 1.96 bits per heavy atom. The lowest BCUT2D eigenvalue weighted by molar-refractivity contribution is -0.118. The van der Waals surface area contributed by atoms with Crippen molar-refractivity contribution >= 4 is 29.0 Å². The van der Waals surface area contributed by atoms with Crippen molar-refractivity contribution in [2.75, 3.05) is 4.90 Å². The zero-order valence-corrected chi connectivity index (χ0v) is 14.7. The molecule has 0 unspecified atom stereocenters. The maximum atomic E-state index is 13.0. The van der Waals surface area contributed by atoms with Crippen LogP contribution in [0.4, 0.5) is 11.4 Å². The molecule has 0 fully saturated rings. The van der Waals surface area contributed by atoms with E-state index in [9.17, 15) is 4.79 Å². The highest BCUT2D eigenvalue weighted by Gasteiger charge is 2.27. The minimum Gasteiger partial charge on any atom is -0.279 e. The van der Waals surface area contributed by atoms with Gasteiger partial charge in [0.25, 0.3) is 0 Å². The Kier molecular flexibility index (Phi) is 4.57. The lowest BCUT2D eigenvalue weighted by Gasteiger charge is -2.31. The molecule has 124 valence electrons. The molecule has 3 aromatic carbocycles. The van der Waals surface area contributed by atoms with Gasteiger partial charge in [0.05, 0.1) is 11.4 Å². The van der Waals surface area contributed by atoms with Gasteiger partial charge in [-0.25, -0.2) is 0 Å². The largest absolute Gasteiger partial charge is 0.279 e. The lowest BCUT2D eigenvalue weighted by atomic mass is 10.1. The summed E-state index contributed by atoms with van der Waals surface area (Å²) in [6.45, 7) is 0. The first-order valence-corrected chi connectivity index (χ1v) is 9.37. The second-order valence-corrected chi connectivity index (χ2v) is 7.19. The predicted octanol–water partition coefficient (Wildman–Crippen LogP) is 5.84. The maximum Gasteiger partial charge on any atom is 0.231 e. The van der Waals surface area contributed by atoms with E-state index < -0.39 is 0 Å². The van der Waals surface area contributed by atoms with Crippen LogP contribution in [0.2, 0.25) is 0 Å². The van der Waals surface area contributed by atoms with Crippen LogP contribution in [-0.4, -0.2) is 5.91 Å². The third kappa shape index (κ3) is 3.33. The van der Waals surface area contributed by atoms with Crippen molar-refractivity contribution in [2.45, 2.75) is 29.1 Å². The van der Waals surface area contributed by atoms with Crippen LogP contribution in [0, 0.1) is 0 Å². The highest BCUT2D eigenvalue weighted by Crippen LogP contribution is 2.48. The Labute approximate surface area is 152 Å². The van der Waals surface area contributed by atoms with Crippen LogP contribution >= 0.6 is 11.8 Å². The fourth-order valence-electron chi connectivity index (χ4n) is 3.17. The summed E-state index contributed by atoms with van der Waals surface area (Å²) in [6, 6.07) is 26.6. The van der Waals surface area contributed by atoms with E-state index in [1.807, 2.05) is 59.5 Å². The number of carbonyl (C=O) groups excluding carboxylic acids is 1. The van der Waals surface area contributed by atoms with E-state index in [1.165, 1.54) is 5.56 Å². The second kappa shape index (κ2) is 7.16. The van der Waals surface area contributed by atoms with Crippen molar-refractivity contribution in [3.63, 3.8) is 0 Å². The minimum absolute atomic E-state index is 0.163. The molecule has 0 atom stereocenters. The number of benzene rings is 3. The van der Waals surface area contributed by atoms with Crippen molar-refractivity contribution in [3.8, 4) is 0 Å². The van der Waals surface area contributed by atoms with Gasteiger partial charge in [-0.05, 0) is 42.7 Å². The summed E-state index contributed by atoms with van der Waals surface area (Å²) in [6.07, 6.45) is 2.33. The molecule has 0 aromatic heterocycles. The number of amides is 1. The monoisotopic (exact) mass is 345 g/mol. The topological polar surface area (TPSA) is 20.3 Å². The van der Waals surface area contributed by atoms with Gasteiger partial charge in [-0.3, -0.25) is 9.69 Å². The number of anilines is 2. The van der Waals surface area contributed by atoms with E-state index in [0.717, 1.165) is 34.0 Å². The molecule has 1 aliphatic rings. The molecule has 3 aromatic rings. The molecular formula is C22H19NOS. The zero-order chi connectivity index (χ0) is 17.1. The average Bonchev–Trinajstić information content (AvgIpc) is 2.66. The summed E-state index contributed by atoms with van der Waals surface area (Å²) in [5.41, 5.74) is 3.28. The van der Waals surface area contributed by atoms with Crippen LogP contribution in [0.15, 0.2) is 88.7 Å². The van der Waals surface area contributed by atoms with Crippen LogP contribution in [0.25, 0.3) is 0 Å². The number of aryl methyl sites for hydroxylation is 1. The van der Waals surface area contributed by atoms with Gasteiger partial charge in [-0.15, -0.1) is 0 Å². The van der Waals surface area contributed by atoms with Gasteiger partial charge in [0.1, 0.15) is 0 Å². The summed E-state index contributed by atoms with van der Waals surface area (Å²) in [4.78, 5) is 17.2. The van der Waals surface area contributed by atoms with Crippen LogP contribution in [-0.2, 0) is 11.2 Å². The third-order valence-electron chi connectivity index (χ3n) is 4.38. The van der Waals surface area contributed by atoms with Gasteiger partial charge >= 0.3 is 0 Å². The van der Waals surface area contributed by atoms with Crippen molar-refractivity contribution in [3.05, 3.63) is 84.4 Å². The van der Waals surface area contributed by atoms with Gasteiger partial charge in [-0.2, -0.15) is 0 Å². The molecule has 0 spiro atoms. The third-order valence-corrected chi connectivity index (χ3v) is 5.51. The van der Waals surface area contributed by atoms with Crippen LogP contribution in [0.3, 0.4) is 0 Å². The van der Waals surface area contributed by atoms with Crippen molar-refractivity contribution in [2.24, 2.45) is 0 Å². The Balaban J connectivity index is 1.55. The van der Waals surface area contributed by atoms with Gasteiger partial charge in [0, 0.05) is 16.2 Å². The molecule has 1 amide bonds. The van der Waals surface area contributed by atoms with Gasteiger partial charge < -0.3 is 0 Å². The summed E-state index contributed by atoms with van der Waals surface area (Å²) < 4.78 is 0. The predicted molar refractivity (Wildman–Crippen MR) is 104 cm³/mol. The molecular weight excluding hydrogens is 326 g/mol. The molecule has 0 bridgehead atoms. The molecule has 1 aliphatic heterocycles. The van der Waals surface area contributed by atoms with Gasteiger partial charge in [-0.1, -0.05) is 66.4 Å². The molecule has 4 rings (SSSR count). The van der Waals surface area contributed by atoms with Gasteiger partial charge in [0.2, 0.25) is 5.91 Å². The van der Waals surface area contributed by atoms with E-state index in [1.54, 1.807) is 11.8 Å². The lowest BCUT2D eigenvalue weighted by Crippen LogP contribution is -2.28. The number of hydrogen-bond acceptors (Lipinski definition) is 2. The standard InChI is InChI=1S/C22H19NOS/c24-22(16-8-11-17-9-2-1-3-10-17)23-18-12-4-6-14-20(18)25-21-15-7-5-13-19(21)23/h1-7,9-10,12-15H,8,11,16H2. The molecule has 0 aliphatic carbocycles. The average molecular weight is 345 g/mol. The molecule has 0 saturated carbocycles. The zero-order valence-electron chi connectivity index (χ0n) is 13.9. The Hall–Kier alpha value is -2.52. The first-order chi connectivity index (χ1) is 12.3. The minimum atomic E-state index is 0.163. The second-order valence-electron chi connectivity index (χ2n) is 6.11. The molecule has 0 N–H and O–H groups in total. The van der Waals surface area contributed by atoms with E-state index in [2.05, 4.69) is 24.3 Å². The maximum absolute atomic E-state index is 13.0. The van der Waals surface area contributed by atoms with Crippen LogP contribution in [0.1, 0.15) is 18.4 Å². The Morgan fingerprint density at radius 2 is 1.32 bits per heavy atom. The normalized spacial score (nSPS) is 12.4. The summed E-state index contributed by atoms with van der Waals surface area (Å²) >= 11 is 1.73. The van der Waals surface area contributed by atoms with Crippen molar-refractivity contribution < 1.29 is 4.79 Å².